The minimum Gasteiger partial charge on any atom is -0.455 e. The summed E-state index contributed by atoms with van der Waals surface area (Å²) in [5.41, 5.74) is 19.6. The Hall–Kier alpha value is -10.2. The van der Waals surface area contributed by atoms with Gasteiger partial charge >= 0.3 is 0 Å². The van der Waals surface area contributed by atoms with E-state index in [1.807, 2.05) is 44.3 Å². The average molecular weight is 1200 g/mol. The van der Waals surface area contributed by atoms with Crippen molar-refractivity contribution < 1.29 is 32.4 Å². The fraction of sp³-hybridized carbons (Fsp3) is 0.188. The lowest BCUT2D eigenvalue weighted by atomic mass is 9.83. The molecule has 10 aromatic carbocycles. The molecule has 452 valence electrons. The van der Waals surface area contributed by atoms with Gasteiger partial charge in [-0.2, -0.15) is 0 Å². The van der Waals surface area contributed by atoms with E-state index in [1.165, 1.54) is 45.2 Å². The lowest BCUT2D eigenvalue weighted by Crippen LogP contribution is -2.30. The molecule has 6 heterocycles. The van der Waals surface area contributed by atoms with Crippen molar-refractivity contribution in [2.24, 2.45) is 21.1 Å². The van der Waals surface area contributed by atoms with Crippen molar-refractivity contribution in [2.75, 3.05) is 0 Å². The summed E-state index contributed by atoms with van der Waals surface area (Å²) in [7, 11) is 6.21. The summed E-state index contributed by atoms with van der Waals surface area (Å²) in [5.74, 6) is -0.439. The molecule has 0 radical (unpaired) electrons. The molecular formula is C85H82N3O3+3. The van der Waals surface area contributed by atoms with Gasteiger partial charge in [0, 0.05) is 54.5 Å². The summed E-state index contributed by atoms with van der Waals surface area (Å²) in [6.07, 6.45) is 12.0. The predicted octanol–water partition coefficient (Wildman–Crippen LogP) is 22.5. The number of fused-ring (bicyclic) bond motifs is 15. The van der Waals surface area contributed by atoms with Crippen LogP contribution in [0, 0.1) is 27.6 Å². The molecule has 1 saturated carbocycles. The molecule has 0 unspecified atom stereocenters. The Kier molecular flexibility index (Phi) is 15.4. The van der Waals surface area contributed by atoms with Gasteiger partial charge in [-0.15, -0.1) is 0 Å². The highest BCUT2D eigenvalue weighted by Crippen LogP contribution is 2.41. The van der Waals surface area contributed by atoms with Crippen LogP contribution in [0.5, 0.6) is 0 Å². The van der Waals surface area contributed by atoms with Gasteiger partial charge in [0.1, 0.15) is 54.6 Å². The number of furan rings is 3. The summed E-state index contributed by atoms with van der Waals surface area (Å²) < 4.78 is 57.6. The number of hydrogen-bond acceptors (Lipinski definition) is 3. The smallest absolute Gasteiger partial charge is 0.216 e. The SMILES string of the molecule is C.C.C.Cc1ccccc1-c1cc2oc3c4ccc(-c5ccccc5)cc4ccc3c2c[n+]1C.[2H]C([2H])([2H])c1ccc(-c2cc3oc4c5ccccc5ccc4c3c[n+]2C)c(C)c1.[2H]C1(c2ccc3c(ccc4c5c[n+](C)c(-c6ccccc6C)cc5oc34)c2)CCCCC1. The lowest BCUT2D eigenvalue weighted by Gasteiger charge is -2.22. The molecule has 0 N–H and O–H groups in total. The summed E-state index contributed by atoms with van der Waals surface area (Å²) in [6.45, 7) is 4.14. The number of hydrogen-bond donors (Lipinski definition) is 0. The largest absolute Gasteiger partial charge is 0.455 e. The molecule has 1 aliphatic carbocycles. The second-order valence-electron chi connectivity index (χ2n) is 24.1. The zero-order valence-electron chi connectivity index (χ0n) is 54.5. The minimum atomic E-state index is -2.10. The van der Waals surface area contributed by atoms with Crippen molar-refractivity contribution in [3.8, 4) is 44.9 Å². The van der Waals surface area contributed by atoms with Crippen LogP contribution in [0.25, 0.3) is 143 Å². The maximum Gasteiger partial charge on any atom is 0.216 e. The Balaban J connectivity index is 0.000000135. The second kappa shape index (κ2) is 25.0. The first kappa shape index (κ1) is 56.1. The van der Waals surface area contributed by atoms with E-state index in [9.17, 15) is 0 Å². The summed E-state index contributed by atoms with van der Waals surface area (Å²) in [4.78, 5) is 0. The maximum absolute atomic E-state index is 9.01. The number of aryl methyl sites for hydroxylation is 7. The number of aromatic nitrogens is 3. The molecule has 0 atom stereocenters. The summed E-state index contributed by atoms with van der Waals surface area (Å²) in [5, 5.41) is 13.6. The van der Waals surface area contributed by atoms with Gasteiger partial charge in [-0.1, -0.05) is 193 Å². The van der Waals surface area contributed by atoms with Gasteiger partial charge in [0.15, 0.2) is 18.6 Å². The van der Waals surface area contributed by atoms with Crippen molar-refractivity contribution in [1.29, 1.82) is 0 Å². The molecule has 16 aromatic rings. The van der Waals surface area contributed by atoms with Crippen molar-refractivity contribution in [2.45, 2.75) is 87.9 Å². The van der Waals surface area contributed by atoms with Crippen LogP contribution in [0.2, 0.25) is 0 Å². The zero-order chi connectivity index (χ0) is 63.2. The average Bonchev–Trinajstić information content (AvgIpc) is 1.63. The van der Waals surface area contributed by atoms with Crippen LogP contribution in [0.15, 0.2) is 244 Å². The lowest BCUT2D eigenvalue weighted by molar-refractivity contribution is -0.659. The van der Waals surface area contributed by atoms with E-state index in [-0.39, 0.29) is 22.3 Å². The highest BCUT2D eigenvalue weighted by molar-refractivity contribution is 6.17. The first-order valence-corrected chi connectivity index (χ1v) is 30.7. The highest BCUT2D eigenvalue weighted by atomic mass is 16.3. The second-order valence-corrected chi connectivity index (χ2v) is 24.1. The van der Waals surface area contributed by atoms with Crippen LogP contribution in [0.4, 0.5) is 0 Å². The third-order valence-electron chi connectivity index (χ3n) is 18.4. The Morgan fingerprint density at radius 3 is 1.32 bits per heavy atom. The van der Waals surface area contributed by atoms with Crippen LogP contribution in [-0.2, 0) is 21.1 Å². The molecule has 1 aliphatic rings. The van der Waals surface area contributed by atoms with Crippen LogP contribution >= 0.6 is 0 Å². The fourth-order valence-corrected chi connectivity index (χ4v) is 13.7. The molecule has 6 heteroatoms. The Labute approximate surface area is 540 Å². The van der Waals surface area contributed by atoms with E-state index < -0.39 is 12.7 Å². The van der Waals surface area contributed by atoms with E-state index in [0.717, 1.165) is 152 Å². The molecule has 0 amide bonds. The monoisotopic (exact) mass is 1200 g/mol. The molecule has 6 aromatic heterocycles. The van der Waals surface area contributed by atoms with Gasteiger partial charge in [-0.05, 0) is 144 Å². The molecule has 91 heavy (non-hydrogen) atoms. The number of rotatable bonds is 5. The van der Waals surface area contributed by atoms with Crippen LogP contribution in [0.3, 0.4) is 0 Å². The molecule has 1 fully saturated rings. The number of nitrogens with zero attached hydrogens (tertiary/aromatic N) is 3. The van der Waals surface area contributed by atoms with Gasteiger partial charge in [-0.3, -0.25) is 0 Å². The first-order valence-electron chi connectivity index (χ1n) is 32.7. The van der Waals surface area contributed by atoms with E-state index in [1.54, 1.807) is 12.1 Å². The molecule has 17 rings (SSSR count). The van der Waals surface area contributed by atoms with Gasteiger partial charge < -0.3 is 13.3 Å². The van der Waals surface area contributed by atoms with Crippen molar-refractivity contribution in [3.63, 3.8) is 0 Å². The van der Waals surface area contributed by atoms with Crippen LogP contribution in [-0.4, -0.2) is 0 Å². The van der Waals surface area contributed by atoms with E-state index >= 15 is 0 Å². The van der Waals surface area contributed by atoms with E-state index in [0.29, 0.717) is 5.56 Å². The third kappa shape index (κ3) is 11.1. The van der Waals surface area contributed by atoms with Gasteiger partial charge in [0.05, 0.1) is 34.4 Å². The molecular weight excluding hydrogens is 1110 g/mol. The Bertz CT molecular complexity index is 5600. The third-order valence-corrected chi connectivity index (χ3v) is 18.4. The molecule has 0 spiro atoms. The maximum atomic E-state index is 9.01. The van der Waals surface area contributed by atoms with Gasteiger partial charge in [0.25, 0.3) is 0 Å². The predicted molar refractivity (Wildman–Crippen MR) is 384 cm³/mol. The minimum absolute atomic E-state index is 0. The zero-order valence-corrected chi connectivity index (χ0v) is 50.5. The topological polar surface area (TPSA) is 51.1 Å². The molecule has 6 nitrogen and oxygen atoms in total. The molecule has 0 aliphatic heterocycles. The quantitative estimate of drug-likeness (QED) is 0.161. The van der Waals surface area contributed by atoms with Crippen LogP contribution < -0.4 is 13.7 Å². The number of pyridine rings is 3. The fourth-order valence-electron chi connectivity index (χ4n) is 13.7. The highest BCUT2D eigenvalue weighted by Gasteiger charge is 2.24. The van der Waals surface area contributed by atoms with E-state index in [2.05, 4.69) is 230 Å². The van der Waals surface area contributed by atoms with Gasteiger partial charge in [0.2, 0.25) is 17.1 Å². The summed E-state index contributed by atoms with van der Waals surface area (Å²) >= 11 is 0. The number of benzene rings is 10. The Morgan fingerprint density at radius 2 is 0.802 bits per heavy atom. The standard InChI is InChI=1S/C29H28NO.C29H22NO.C24H20NO.3CH4/c2*1-19-8-6-7-11-23(19)27-17-28-26(18-30(27)2)25-15-13-22-16-21(20-9-4-3-5-10-20)12-14-24(22)29(25)31-28;1-15-8-10-18(16(2)12-15)22-13-23-21(14-25(22)3)20-11-9-17-6-4-5-7-19(17)24(20)26-23;;;/h6-8,11-18,20H,3-5,9-10H2,1-2H3;3-18H,1-2H3;4-14H,1-3H3;3*1H4/q3*+1;;;/i20D;;1D3;;;. The van der Waals surface area contributed by atoms with Crippen molar-refractivity contribution in [1.82, 2.24) is 0 Å². The van der Waals surface area contributed by atoms with Crippen molar-refractivity contribution >= 4 is 98.1 Å². The van der Waals surface area contributed by atoms with Crippen LogP contribution in [0.1, 0.15) is 93.6 Å². The van der Waals surface area contributed by atoms with E-state index in [4.69, 9.17) is 18.7 Å². The normalized spacial score (nSPS) is 13.6. The Morgan fingerprint density at radius 1 is 0.363 bits per heavy atom. The van der Waals surface area contributed by atoms with Crippen molar-refractivity contribution in [3.05, 3.63) is 259 Å². The first-order chi connectivity index (χ1) is 44.5. The summed E-state index contributed by atoms with van der Waals surface area (Å²) in [6, 6.07) is 73.5. The molecule has 0 bridgehead atoms. The van der Waals surface area contributed by atoms with Gasteiger partial charge in [-0.25, -0.2) is 13.7 Å². The molecule has 0 saturated heterocycles.